The van der Waals surface area contributed by atoms with E-state index in [-0.39, 0.29) is 5.91 Å². The van der Waals surface area contributed by atoms with Crippen molar-refractivity contribution in [3.05, 3.63) is 23.8 Å². The van der Waals surface area contributed by atoms with Crippen molar-refractivity contribution < 1.29 is 28.5 Å². The second-order valence-corrected chi connectivity index (χ2v) is 6.42. The molecule has 0 aromatic heterocycles. The van der Waals surface area contributed by atoms with Gasteiger partial charge in [-0.3, -0.25) is 4.79 Å². The molecule has 7 heteroatoms. The Morgan fingerprint density at radius 1 is 0.963 bits per heavy atom. The largest absolute Gasteiger partial charge is 0.493 e. The molecule has 0 radical (unpaired) electrons. The molecule has 0 unspecified atom stereocenters. The third kappa shape index (κ3) is 4.72. The summed E-state index contributed by atoms with van der Waals surface area (Å²) in [5, 5.41) is 2.85. The van der Waals surface area contributed by atoms with Crippen molar-refractivity contribution in [3.63, 3.8) is 0 Å². The van der Waals surface area contributed by atoms with E-state index in [0.29, 0.717) is 35.7 Å². The van der Waals surface area contributed by atoms with Gasteiger partial charge in [0.1, 0.15) is 5.54 Å². The van der Waals surface area contributed by atoms with Gasteiger partial charge < -0.3 is 24.3 Å². The summed E-state index contributed by atoms with van der Waals surface area (Å²) in [4.78, 5) is 24.7. The molecular formula is C20H27NO6. The maximum atomic E-state index is 12.4. The average Bonchev–Trinajstić information content (AvgIpc) is 2.71. The first-order valence-corrected chi connectivity index (χ1v) is 8.88. The summed E-state index contributed by atoms with van der Waals surface area (Å²) in [7, 11) is 5.93. The van der Waals surface area contributed by atoms with Crippen LogP contribution in [0.5, 0.6) is 17.2 Å². The van der Waals surface area contributed by atoms with Gasteiger partial charge in [0.25, 0.3) is 0 Å². The fourth-order valence-electron chi connectivity index (χ4n) is 3.38. The number of benzene rings is 1. The van der Waals surface area contributed by atoms with Gasteiger partial charge in [-0.1, -0.05) is 19.3 Å². The molecule has 7 nitrogen and oxygen atoms in total. The Kier molecular flexibility index (Phi) is 7.10. The van der Waals surface area contributed by atoms with Crippen LogP contribution in [0.1, 0.15) is 37.7 Å². The summed E-state index contributed by atoms with van der Waals surface area (Å²) in [5.41, 5.74) is -0.237. The van der Waals surface area contributed by atoms with Crippen LogP contribution in [0.4, 0.5) is 0 Å². The van der Waals surface area contributed by atoms with E-state index < -0.39 is 11.5 Å². The molecule has 1 aliphatic rings. The number of methoxy groups -OCH3 is 4. The van der Waals surface area contributed by atoms with Crippen molar-refractivity contribution in [2.45, 2.75) is 37.6 Å². The highest BCUT2D eigenvalue weighted by atomic mass is 16.5. The molecule has 0 saturated heterocycles. The van der Waals surface area contributed by atoms with Gasteiger partial charge in [0.2, 0.25) is 11.7 Å². The van der Waals surface area contributed by atoms with Gasteiger partial charge >= 0.3 is 5.97 Å². The van der Waals surface area contributed by atoms with Crippen molar-refractivity contribution in [1.82, 2.24) is 5.32 Å². The first-order chi connectivity index (χ1) is 13.0. The van der Waals surface area contributed by atoms with Gasteiger partial charge in [-0.2, -0.15) is 0 Å². The molecule has 2 rings (SSSR count). The Bertz CT molecular complexity index is 681. The Morgan fingerprint density at radius 2 is 1.56 bits per heavy atom. The van der Waals surface area contributed by atoms with E-state index in [1.165, 1.54) is 34.5 Å². The van der Waals surface area contributed by atoms with E-state index in [9.17, 15) is 9.59 Å². The molecule has 0 atom stereocenters. The number of rotatable bonds is 7. The Labute approximate surface area is 159 Å². The first-order valence-electron chi connectivity index (χ1n) is 8.88. The lowest BCUT2D eigenvalue weighted by Crippen LogP contribution is -2.55. The highest BCUT2D eigenvalue weighted by Crippen LogP contribution is 2.38. The van der Waals surface area contributed by atoms with E-state index in [1.807, 2.05) is 0 Å². The van der Waals surface area contributed by atoms with E-state index in [4.69, 9.17) is 18.9 Å². The molecule has 148 valence electrons. The number of hydrogen-bond acceptors (Lipinski definition) is 6. The van der Waals surface area contributed by atoms with Crippen LogP contribution in [0.15, 0.2) is 18.2 Å². The number of carbonyl (C=O) groups excluding carboxylic acids is 2. The number of carbonyl (C=O) groups is 2. The molecule has 1 aromatic carbocycles. The van der Waals surface area contributed by atoms with Crippen LogP contribution < -0.4 is 19.5 Å². The summed E-state index contributed by atoms with van der Waals surface area (Å²) in [6, 6.07) is 3.48. The maximum absolute atomic E-state index is 12.4. The van der Waals surface area contributed by atoms with Gasteiger partial charge in [-0.25, -0.2) is 4.79 Å². The molecule has 0 aliphatic heterocycles. The molecule has 1 N–H and O–H groups in total. The zero-order chi connectivity index (χ0) is 19.9. The van der Waals surface area contributed by atoms with Crippen LogP contribution in [0.2, 0.25) is 0 Å². The standard InChI is InChI=1S/C20H27NO6/c1-24-15-12-14(13-16(25-2)18(15)26-3)8-9-17(22)21-20(19(23)27-4)10-6-5-7-11-20/h8-9,12-13H,5-7,10-11H2,1-4H3,(H,21,22). The van der Waals surface area contributed by atoms with E-state index in [0.717, 1.165) is 19.3 Å². The monoisotopic (exact) mass is 377 g/mol. The third-order valence-corrected chi connectivity index (χ3v) is 4.76. The topological polar surface area (TPSA) is 83.1 Å². The molecule has 0 spiro atoms. The second kappa shape index (κ2) is 9.30. The highest BCUT2D eigenvalue weighted by molar-refractivity contribution is 5.96. The predicted molar refractivity (Wildman–Crippen MR) is 101 cm³/mol. The lowest BCUT2D eigenvalue weighted by Gasteiger charge is -2.34. The minimum atomic E-state index is -0.941. The van der Waals surface area contributed by atoms with E-state index in [1.54, 1.807) is 18.2 Å². The van der Waals surface area contributed by atoms with E-state index >= 15 is 0 Å². The molecular weight excluding hydrogens is 350 g/mol. The quantitative estimate of drug-likeness (QED) is 0.581. The van der Waals surface area contributed by atoms with Crippen LogP contribution in [0.3, 0.4) is 0 Å². The van der Waals surface area contributed by atoms with E-state index in [2.05, 4.69) is 5.32 Å². The number of nitrogens with one attached hydrogen (secondary N) is 1. The maximum Gasteiger partial charge on any atom is 0.331 e. The summed E-state index contributed by atoms with van der Waals surface area (Å²) >= 11 is 0. The van der Waals surface area contributed by atoms with Crippen molar-refractivity contribution in [1.29, 1.82) is 0 Å². The predicted octanol–water partition coefficient (Wildman–Crippen LogP) is 2.72. The lowest BCUT2D eigenvalue weighted by molar-refractivity contribution is -0.152. The molecule has 27 heavy (non-hydrogen) atoms. The molecule has 1 aliphatic carbocycles. The highest BCUT2D eigenvalue weighted by Gasteiger charge is 2.41. The zero-order valence-electron chi connectivity index (χ0n) is 16.3. The minimum absolute atomic E-state index is 0.351. The number of esters is 1. The second-order valence-electron chi connectivity index (χ2n) is 6.42. The normalized spacial score (nSPS) is 15.9. The third-order valence-electron chi connectivity index (χ3n) is 4.76. The van der Waals surface area contributed by atoms with Crippen LogP contribution in [0.25, 0.3) is 6.08 Å². The molecule has 1 saturated carbocycles. The van der Waals surface area contributed by atoms with Crippen LogP contribution >= 0.6 is 0 Å². The van der Waals surface area contributed by atoms with Gasteiger partial charge in [-0.15, -0.1) is 0 Å². The summed E-state index contributed by atoms with van der Waals surface area (Å²) in [6.45, 7) is 0. The zero-order valence-corrected chi connectivity index (χ0v) is 16.3. The molecule has 0 bridgehead atoms. The fourth-order valence-corrected chi connectivity index (χ4v) is 3.38. The van der Waals surface area contributed by atoms with Crippen LogP contribution in [0, 0.1) is 0 Å². The average molecular weight is 377 g/mol. The van der Waals surface area contributed by atoms with Crippen LogP contribution in [-0.2, 0) is 14.3 Å². The van der Waals surface area contributed by atoms with Gasteiger partial charge in [0, 0.05) is 6.08 Å². The molecule has 1 aromatic rings. The first kappa shape index (κ1) is 20.6. The summed E-state index contributed by atoms with van der Waals surface area (Å²) in [5.74, 6) is 0.728. The fraction of sp³-hybridized carbons (Fsp3) is 0.500. The smallest absolute Gasteiger partial charge is 0.331 e. The van der Waals surface area contributed by atoms with Crippen molar-refractivity contribution >= 4 is 18.0 Å². The number of amides is 1. The van der Waals surface area contributed by atoms with Gasteiger partial charge in [0.05, 0.1) is 28.4 Å². The van der Waals surface area contributed by atoms with Crippen molar-refractivity contribution in [2.24, 2.45) is 0 Å². The molecule has 0 heterocycles. The lowest BCUT2D eigenvalue weighted by atomic mass is 9.81. The van der Waals surface area contributed by atoms with Crippen LogP contribution in [-0.4, -0.2) is 45.9 Å². The Balaban J connectivity index is 2.19. The SMILES string of the molecule is COC(=O)C1(NC(=O)C=Cc2cc(OC)c(OC)c(OC)c2)CCCCC1. The number of hydrogen-bond donors (Lipinski definition) is 1. The Morgan fingerprint density at radius 3 is 2.04 bits per heavy atom. The molecule has 1 fully saturated rings. The van der Waals surface area contributed by atoms with Gasteiger partial charge in [-0.05, 0) is 36.6 Å². The van der Waals surface area contributed by atoms with Gasteiger partial charge in [0.15, 0.2) is 11.5 Å². The summed E-state index contributed by atoms with van der Waals surface area (Å²) < 4.78 is 20.8. The van der Waals surface area contributed by atoms with Crippen molar-refractivity contribution in [2.75, 3.05) is 28.4 Å². The molecule has 1 amide bonds. The number of ether oxygens (including phenoxy) is 4. The summed E-state index contributed by atoms with van der Waals surface area (Å²) in [6.07, 6.45) is 7.01. The Hall–Kier alpha value is -2.70. The minimum Gasteiger partial charge on any atom is -0.493 e. The van der Waals surface area contributed by atoms with Crippen molar-refractivity contribution in [3.8, 4) is 17.2 Å².